The molecule has 0 aromatic heterocycles. The quantitative estimate of drug-likeness (QED) is 0.625. The maximum atomic E-state index is 2.36. The zero-order valence-electron chi connectivity index (χ0n) is 9.20. The lowest BCUT2D eigenvalue weighted by Gasteiger charge is -2.31. The molecule has 0 N–H and O–H groups in total. The van der Waals surface area contributed by atoms with Gasteiger partial charge in [0.05, 0.1) is 0 Å². The van der Waals surface area contributed by atoms with Gasteiger partial charge in [0.1, 0.15) is 0 Å². The number of rotatable bonds is 0. The van der Waals surface area contributed by atoms with Crippen LogP contribution in [-0.2, 0) is 0 Å². The Hall–Kier alpha value is -1.50. The Morgan fingerprint density at radius 2 is 1.87 bits per heavy atom. The molecule has 1 heterocycles. The molecule has 0 amide bonds. The fourth-order valence-corrected chi connectivity index (χ4v) is 2.69. The Labute approximate surface area is 90.3 Å². The van der Waals surface area contributed by atoms with Crippen molar-refractivity contribution < 1.29 is 0 Å². The van der Waals surface area contributed by atoms with Gasteiger partial charge in [0.25, 0.3) is 0 Å². The van der Waals surface area contributed by atoms with Crippen LogP contribution >= 0.6 is 0 Å². The highest BCUT2D eigenvalue weighted by molar-refractivity contribution is 5.98. The average Bonchev–Trinajstić information content (AvgIpc) is 2.25. The van der Waals surface area contributed by atoms with Gasteiger partial charge in [-0.2, -0.15) is 0 Å². The molecule has 0 radical (unpaired) electrons. The Bertz CT molecular complexity index is 473. The summed E-state index contributed by atoms with van der Waals surface area (Å²) >= 11 is 0. The number of hydrogen-bond donors (Lipinski definition) is 0. The van der Waals surface area contributed by atoms with E-state index in [0.29, 0.717) is 5.92 Å². The monoisotopic (exact) mass is 197 g/mol. The number of likely N-dealkylation sites (N-methyl/N-ethyl adjacent to an activating group) is 1. The molecule has 1 unspecified atom stereocenters. The number of hydrogen-bond acceptors (Lipinski definition) is 1. The Kier molecular flexibility index (Phi) is 1.75. The van der Waals surface area contributed by atoms with Gasteiger partial charge < -0.3 is 4.90 Å². The van der Waals surface area contributed by atoms with Crippen LogP contribution < -0.4 is 4.90 Å². The molecule has 0 fully saturated rings. The van der Waals surface area contributed by atoms with Crippen LogP contribution in [0.2, 0.25) is 0 Å². The van der Waals surface area contributed by atoms with Crippen LogP contribution in [0.4, 0.5) is 5.69 Å². The van der Waals surface area contributed by atoms with Gasteiger partial charge in [0, 0.05) is 24.7 Å². The number of anilines is 1. The van der Waals surface area contributed by atoms with E-state index in [1.165, 1.54) is 22.0 Å². The first-order valence-electron chi connectivity index (χ1n) is 5.50. The molecule has 3 rings (SSSR count). The zero-order valence-corrected chi connectivity index (χ0v) is 9.20. The van der Waals surface area contributed by atoms with E-state index in [0.717, 1.165) is 6.54 Å². The number of benzene rings is 2. The standard InChI is InChI=1S/C14H15N/c1-10-9-15(2)13-8-4-6-11-5-3-7-12(10)14(11)13/h3-8,10H,9H2,1-2H3. The molecular formula is C14H15N. The van der Waals surface area contributed by atoms with Crippen LogP contribution in [-0.4, -0.2) is 13.6 Å². The van der Waals surface area contributed by atoms with E-state index in [9.17, 15) is 0 Å². The summed E-state index contributed by atoms with van der Waals surface area (Å²) < 4.78 is 0. The highest BCUT2D eigenvalue weighted by Crippen LogP contribution is 2.37. The van der Waals surface area contributed by atoms with Gasteiger partial charge >= 0.3 is 0 Å². The summed E-state index contributed by atoms with van der Waals surface area (Å²) in [6.45, 7) is 3.43. The van der Waals surface area contributed by atoms with Crippen LogP contribution in [0.15, 0.2) is 36.4 Å². The van der Waals surface area contributed by atoms with Gasteiger partial charge in [0.15, 0.2) is 0 Å². The summed E-state index contributed by atoms with van der Waals surface area (Å²) in [5, 5.41) is 2.81. The fourth-order valence-electron chi connectivity index (χ4n) is 2.69. The molecule has 1 aliphatic rings. The molecular weight excluding hydrogens is 182 g/mol. The average molecular weight is 197 g/mol. The van der Waals surface area contributed by atoms with Crippen molar-refractivity contribution in [2.24, 2.45) is 0 Å². The molecule has 1 heteroatoms. The maximum Gasteiger partial charge on any atom is 0.0446 e. The molecule has 0 bridgehead atoms. The van der Waals surface area contributed by atoms with Crippen molar-refractivity contribution in [3.8, 4) is 0 Å². The van der Waals surface area contributed by atoms with E-state index in [1.54, 1.807) is 0 Å². The summed E-state index contributed by atoms with van der Waals surface area (Å²) in [5.74, 6) is 0.633. The minimum atomic E-state index is 0.633. The van der Waals surface area contributed by atoms with Gasteiger partial charge in [-0.05, 0) is 22.9 Å². The van der Waals surface area contributed by atoms with E-state index in [4.69, 9.17) is 0 Å². The molecule has 1 aliphatic heterocycles. The highest BCUT2D eigenvalue weighted by Gasteiger charge is 2.20. The van der Waals surface area contributed by atoms with Gasteiger partial charge in [-0.1, -0.05) is 37.3 Å². The summed E-state index contributed by atoms with van der Waals surface area (Å²) in [5.41, 5.74) is 2.88. The molecule has 1 atom stereocenters. The second-order valence-electron chi connectivity index (χ2n) is 4.50. The Balaban J connectivity index is 2.45. The fraction of sp³-hybridized carbons (Fsp3) is 0.286. The second kappa shape index (κ2) is 2.99. The molecule has 2 aromatic carbocycles. The van der Waals surface area contributed by atoms with Crippen LogP contribution in [0.5, 0.6) is 0 Å². The molecule has 76 valence electrons. The topological polar surface area (TPSA) is 3.24 Å². The molecule has 2 aromatic rings. The van der Waals surface area contributed by atoms with Crippen molar-refractivity contribution in [3.05, 3.63) is 42.0 Å². The SMILES string of the molecule is CC1CN(C)c2cccc3cccc1c23. The molecule has 1 nitrogen and oxygen atoms in total. The maximum absolute atomic E-state index is 2.36. The number of nitrogens with zero attached hydrogens (tertiary/aromatic N) is 1. The summed E-state index contributed by atoms with van der Waals surface area (Å²) in [4.78, 5) is 2.36. The molecule has 0 spiro atoms. The predicted molar refractivity (Wildman–Crippen MR) is 65.6 cm³/mol. The van der Waals surface area contributed by atoms with E-state index in [1.807, 2.05) is 0 Å². The first kappa shape index (κ1) is 8.78. The molecule has 15 heavy (non-hydrogen) atoms. The normalized spacial score (nSPS) is 19.6. The minimum Gasteiger partial charge on any atom is -0.373 e. The van der Waals surface area contributed by atoms with Gasteiger partial charge in [0.2, 0.25) is 0 Å². The largest absolute Gasteiger partial charge is 0.373 e. The third-order valence-electron chi connectivity index (χ3n) is 3.40. The van der Waals surface area contributed by atoms with Crippen molar-refractivity contribution in [1.29, 1.82) is 0 Å². The van der Waals surface area contributed by atoms with Crippen molar-refractivity contribution in [2.75, 3.05) is 18.5 Å². The Morgan fingerprint density at radius 3 is 2.67 bits per heavy atom. The van der Waals surface area contributed by atoms with Crippen LogP contribution in [0, 0.1) is 0 Å². The Morgan fingerprint density at radius 1 is 1.13 bits per heavy atom. The first-order chi connectivity index (χ1) is 7.27. The lowest BCUT2D eigenvalue weighted by molar-refractivity contribution is 0.726. The predicted octanol–water partition coefficient (Wildman–Crippen LogP) is 3.39. The lowest BCUT2D eigenvalue weighted by atomic mass is 9.90. The van der Waals surface area contributed by atoms with E-state index in [2.05, 4.69) is 55.3 Å². The summed E-state index contributed by atoms with van der Waals surface area (Å²) in [6, 6.07) is 13.2. The third-order valence-corrected chi connectivity index (χ3v) is 3.40. The first-order valence-corrected chi connectivity index (χ1v) is 5.50. The summed E-state index contributed by atoms with van der Waals surface area (Å²) in [6.07, 6.45) is 0. The van der Waals surface area contributed by atoms with Gasteiger partial charge in [-0.15, -0.1) is 0 Å². The molecule has 0 saturated carbocycles. The van der Waals surface area contributed by atoms with Gasteiger partial charge in [-0.25, -0.2) is 0 Å². The zero-order chi connectivity index (χ0) is 10.4. The van der Waals surface area contributed by atoms with Crippen molar-refractivity contribution in [1.82, 2.24) is 0 Å². The van der Waals surface area contributed by atoms with Crippen LogP contribution in [0.1, 0.15) is 18.4 Å². The van der Waals surface area contributed by atoms with E-state index >= 15 is 0 Å². The van der Waals surface area contributed by atoms with Crippen molar-refractivity contribution >= 4 is 16.5 Å². The second-order valence-corrected chi connectivity index (χ2v) is 4.50. The smallest absolute Gasteiger partial charge is 0.0446 e. The van der Waals surface area contributed by atoms with Crippen molar-refractivity contribution in [2.45, 2.75) is 12.8 Å². The third kappa shape index (κ3) is 1.16. The van der Waals surface area contributed by atoms with Crippen LogP contribution in [0.3, 0.4) is 0 Å². The minimum absolute atomic E-state index is 0.633. The van der Waals surface area contributed by atoms with E-state index in [-0.39, 0.29) is 0 Å². The van der Waals surface area contributed by atoms with Crippen molar-refractivity contribution in [3.63, 3.8) is 0 Å². The molecule has 0 aliphatic carbocycles. The summed E-state index contributed by atoms with van der Waals surface area (Å²) in [7, 11) is 2.18. The molecule has 0 saturated heterocycles. The van der Waals surface area contributed by atoms with Crippen LogP contribution in [0.25, 0.3) is 10.8 Å². The van der Waals surface area contributed by atoms with E-state index < -0.39 is 0 Å². The van der Waals surface area contributed by atoms with Gasteiger partial charge in [-0.3, -0.25) is 0 Å². The lowest BCUT2D eigenvalue weighted by Crippen LogP contribution is -2.26. The highest BCUT2D eigenvalue weighted by atomic mass is 15.1.